The number of halogens is 1. The Morgan fingerprint density at radius 2 is 1.91 bits per heavy atom. The zero-order chi connectivity index (χ0) is 21.9. The predicted octanol–water partition coefficient (Wildman–Crippen LogP) is 1.75. The number of aromatic nitrogens is 3. The summed E-state index contributed by atoms with van der Waals surface area (Å²) in [5.41, 5.74) is 1.17. The fraction of sp³-hybridized carbons (Fsp3) is 0.591. The Hall–Kier alpha value is -1.92. The summed E-state index contributed by atoms with van der Waals surface area (Å²) in [5.74, 6) is 3.43. The van der Waals surface area contributed by atoms with Crippen molar-refractivity contribution >= 4 is 29.9 Å². The number of guanidine groups is 1. The van der Waals surface area contributed by atoms with E-state index in [0.717, 1.165) is 82.1 Å². The number of rotatable bonds is 10. The van der Waals surface area contributed by atoms with Crippen LogP contribution in [-0.4, -0.2) is 78.7 Å². The predicted molar refractivity (Wildman–Crippen MR) is 137 cm³/mol. The van der Waals surface area contributed by atoms with Gasteiger partial charge in [0.05, 0.1) is 20.3 Å². The average Bonchev–Trinajstić information content (AvgIpc) is 3.13. The summed E-state index contributed by atoms with van der Waals surface area (Å²) < 4.78 is 12.8. The molecule has 0 bridgehead atoms. The van der Waals surface area contributed by atoms with Crippen molar-refractivity contribution in [1.82, 2.24) is 30.3 Å². The van der Waals surface area contributed by atoms with E-state index in [2.05, 4.69) is 31.8 Å². The Balaban J connectivity index is 0.00000363. The van der Waals surface area contributed by atoms with Crippen molar-refractivity contribution in [2.45, 2.75) is 26.3 Å². The molecule has 32 heavy (non-hydrogen) atoms. The Morgan fingerprint density at radius 1 is 1.16 bits per heavy atom. The summed E-state index contributed by atoms with van der Waals surface area (Å²) in [5, 5.41) is 15.2. The number of aliphatic imine (C=N–C) groups is 1. The Kier molecular flexibility index (Phi) is 11.7. The molecule has 1 aliphatic rings. The first-order chi connectivity index (χ1) is 15.2. The summed E-state index contributed by atoms with van der Waals surface area (Å²) in [4.78, 5) is 7.18. The van der Waals surface area contributed by atoms with Gasteiger partial charge in [-0.25, -0.2) is 4.99 Å². The van der Waals surface area contributed by atoms with E-state index in [1.54, 1.807) is 7.11 Å². The van der Waals surface area contributed by atoms with Crippen molar-refractivity contribution in [3.05, 3.63) is 41.5 Å². The first-order valence-electron chi connectivity index (χ1n) is 11.0. The van der Waals surface area contributed by atoms with Gasteiger partial charge >= 0.3 is 0 Å². The number of para-hydroxylation sites is 1. The molecule has 0 spiro atoms. The zero-order valence-electron chi connectivity index (χ0n) is 19.3. The second-order valence-electron chi connectivity index (χ2n) is 7.61. The van der Waals surface area contributed by atoms with Gasteiger partial charge in [0.2, 0.25) is 0 Å². The number of nitrogens with zero attached hydrogens (tertiary/aromatic N) is 5. The third kappa shape index (κ3) is 8.21. The minimum atomic E-state index is 0. The largest absolute Gasteiger partial charge is 0.496 e. The van der Waals surface area contributed by atoms with Crippen LogP contribution in [0.3, 0.4) is 0 Å². The number of hydrogen-bond donors (Lipinski definition) is 2. The number of ether oxygens (including phenoxy) is 2. The van der Waals surface area contributed by atoms with Crippen LogP contribution in [0.2, 0.25) is 0 Å². The molecule has 0 unspecified atom stereocenters. The zero-order valence-corrected chi connectivity index (χ0v) is 21.7. The number of aryl methyl sites for hydroxylation is 1. The van der Waals surface area contributed by atoms with Crippen molar-refractivity contribution < 1.29 is 9.47 Å². The maximum absolute atomic E-state index is 5.46. The number of hydrogen-bond acceptors (Lipinski definition) is 6. The Morgan fingerprint density at radius 3 is 2.62 bits per heavy atom. The second-order valence-corrected chi connectivity index (χ2v) is 7.61. The highest BCUT2D eigenvalue weighted by Gasteiger charge is 2.10. The molecule has 178 valence electrons. The summed E-state index contributed by atoms with van der Waals surface area (Å²) in [6.45, 7) is 8.80. The fourth-order valence-corrected chi connectivity index (χ4v) is 3.47. The van der Waals surface area contributed by atoms with Crippen LogP contribution in [0, 0.1) is 6.92 Å². The SMILES string of the molecule is COc1ccccc1CCNC(=NCc1nnc(C)n1C)NCCCN1CCOCC1.I. The van der Waals surface area contributed by atoms with Crippen molar-refractivity contribution in [1.29, 1.82) is 0 Å². The van der Waals surface area contributed by atoms with E-state index in [1.165, 1.54) is 5.56 Å². The van der Waals surface area contributed by atoms with Gasteiger partial charge < -0.3 is 24.7 Å². The highest BCUT2D eigenvalue weighted by atomic mass is 127. The molecular formula is C22H36IN7O2. The van der Waals surface area contributed by atoms with Crippen LogP contribution in [0.5, 0.6) is 5.75 Å². The fourth-order valence-electron chi connectivity index (χ4n) is 3.47. The van der Waals surface area contributed by atoms with Crippen LogP contribution in [0.1, 0.15) is 23.6 Å². The molecule has 0 amide bonds. The van der Waals surface area contributed by atoms with Gasteiger partial charge in [-0.1, -0.05) is 18.2 Å². The maximum Gasteiger partial charge on any atom is 0.191 e. The topological polar surface area (TPSA) is 88.8 Å². The molecular weight excluding hydrogens is 521 g/mol. The van der Waals surface area contributed by atoms with Gasteiger partial charge in [-0.05, 0) is 37.9 Å². The summed E-state index contributed by atoms with van der Waals surface area (Å²) in [6.07, 6.45) is 1.90. The van der Waals surface area contributed by atoms with Crippen LogP contribution in [0.25, 0.3) is 0 Å². The number of morpholine rings is 1. The van der Waals surface area contributed by atoms with E-state index in [-0.39, 0.29) is 24.0 Å². The summed E-state index contributed by atoms with van der Waals surface area (Å²) in [7, 11) is 3.67. The molecule has 2 N–H and O–H groups in total. The van der Waals surface area contributed by atoms with E-state index < -0.39 is 0 Å². The van der Waals surface area contributed by atoms with E-state index in [1.807, 2.05) is 36.7 Å². The van der Waals surface area contributed by atoms with Crippen LogP contribution < -0.4 is 15.4 Å². The number of methoxy groups -OCH3 is 1. The second kappa shape index (κ2) is 14.3. The molecule has 1 aliphatic heterocycles. The normalized spacial score (nSPS) is 14.7. The molecule has 1 aromatic heterocycles. The van der Waals surface area contributed by atoms with Gasteiger partial charge in [-0.2, -0.15) is 0 Å². The molecule has 3 rings (SSSR count). The molecule has 1 fully saturated rings. The van der Waals surface area contributed by atoms with Gasteiger partial charge in [0, 0.05) is 33.2 Å². The van der Waals surface area contributed by atoms with Crippen LogP contribution in [-0.2, 0) is 24.8 Å². The minimum Gasteiger partial charge on any atom is -0.496 e. The average molecular weight is 557 g/mol. The van der Waals surface area contributed by atoms with Crippen molar-refractivity contribution in [2.75, 3.05) is 53.0 Å². The first kappa shape index (κ1) is 26.3. The quantitative estimate of drug-likeness (QED) is 0.199. The lowest BCUT2D eigenvalue weighted by Gasteiger charge is -2.26. The number of benzene rings is 1. The molecule has 10 heteroatoms. The van der Waals surface area contributed by atoms with E-state index in [9.17, 15) is 0 Å². The third-order valence-electron chi connectivity index (χ3n) is 5.49. The molecule has 0 aliphatic carbocycles. The van der Waals surface area contributed by atoms with Crippen LogP contribution in [0.15, 0.2) is 29.3 Å². The molecule has 0 radical (unpaired) electrons. The van der Waals surface area contributed by atoms with E-state index in [0.29, 0.717) is 6.54 Å². The van der Waals surface area contributed by atoms with Crippen molar-refractivity contribution in [2.24, 2.45) is 12.0 Å². The molecule has 2 heterocycles. The van der Waals surface area contributed by atoms with Crippen molar-refractivity contribution in [3.63, 3.8) is 0 Å². The van der Waals surface area contributed by atoms with Gasteiger partial charge in [0.1, 0.15) is 18.1 Å². The lowest BCUT2D eigenvalue weighted by molar-refractivity contribution is 0.0376. The van der Waals surface area contributed by atoms with Gasteiger partial charge in [0.15, 0.2) is 11.8 Å². The minimum absolute atomic E-state index is 0. The molecule has 0 atom stereocenters. The lowest BCUT2D eigenvalue weighted by Crippen LogP contribution is -2.41. The van der Waals surface area contributed by atoms with Crippen LogP contribution >= 0.6 is 24.0 Å². The van der Waals surface area contributed by atoms with E-state index >= 15 is 0 Å². The lowest BCUT2D eigenvalue weighted by atomic mass is 10.1. The molecule has 9 nitrogen and oxygen atoms in total. The molecule has 2 aromatic rings. The summed E-state index contributed by atoms with van der Waals surface area (Å²) in [6, 6.07) is 8.11. The summed E-state index contributed by atoms with van der Waals surface area (Å²) >= 11 is 0. The molecule has 1 aromatic carbocycles. The highest BCUT2D eigenvalue weighted by Crippen LogP contribution is 2.17. The van der Waals surface area contributed by atoms with Crippen molar-refractivity contribution in [3.8, 4) is 5.75 Å². The Bertz CT molecular complexity index is 837. The third-order valence-corrected chi connectivity index (χ3v) is 5.49. The van der Waals surface area contributed by atoms with Gasteiger partial charge in [0.25, 0.3) is 0 Å². The molecule has 1 saturated heterocycles. The number of nitrogens with one attached hydrogen (secondary N) is 2. The van der Waals surface area contributed by atoms with Crippen LogP contribution in [0.4, 0.5) is 0 Å². The monoisotopic (exact) mass is 557 g/mol. The standard InChI is InChI=1S/C22H35N7O2.HI/c1-18-26-27-21(28(18)2)17-25-22(23-10-6-12-29-13-15-31-16-14-29)24-11-9-19-7-4-5-8-20(19)30-3;/h4-5,7-8H,6,9-17H2,1-3H3,(H2,23,24,25);1H. The molecule has 0 saturated carbocycles. The van der Waals surface area contributed by atoms with Gasteiger partial charge in [-0.15, -0.1) is 34.2 Å². The highest BCUT2D eigenvalue weighted by molar-refractivity contribution is 14.0. The first-order valence-corrected chi connectivity index (χ1v) is 11.0. The van der Waals surface area contributed by atoms with E-state index in [4.69, 9.17) is 14.5 Å². The Labute approximate surface area is 208 Å². The van der Waals surface area contributed by atoms with Gasteiger partial charge in [-0.3, -0.25) is 4.90 Å². The maximum atomic E-state index is 5.46. The smallest absolute Gasteiger partial charge is 0.191 e.